The second kappa shape index (κ2) is 7.86. The molecule has 2 aromatic rings. The molecule has 26 heavy (non-hydrogen) atoms. The van der Waals surface area contributed by atoms with Crippen LogP contribution in [-0.2, 0) is 0 Å². The molecule has 0 bridgehead atoms. The monoisotopic (exact) mass is 419 g/mol. The van der Waals surface area contributed by atoms with Gasteiger partial charge in [-0.05, 0) is 72.3 Å². The molecule has 0 atom stereocenters. The van der Waals surface area contributed by atoms with Gasteiger partial charge in [0.05, 0.1) is 15.5 Å². The van der Waals surface area contributed by atoms with Crippen LogP contribution in [0.15, 0.2) is 34.8 Å². The van der Waals surface area contributed by atoms with E-state index in [0.29, 0.717) is 27.3 Å². The van der Waals surface area contributed by atoms with E-state index < -0.39 is 4.92 Å². The van der Waals surface area contributed by atoms with Gasteiger partial charge in [0.25, 0.3) is 5.69 Å². The molecule has 0 heterocycles. The molecule has 1 saturated carbocycles. The third-order valence-electron chi connectivity index (χ3n) is 4.33. The molecule has 0 aliphatic heterocycles. The van der Waals surface area contributed by atoms with Gasteiger partial charge in [-0.2, -0.15) is 0 Å². The number of hydrogen-bond donors (Lipinski definition) is 0. The van der Waals surface area contributed by atoms with Gasteiger partial charge in [0.1, 0.15) is 12.0 Å². The van der Waals surface area contributed by atoms with Crippen LogP contribution in [0.25, 0.3) is 0 Å². The Labute approximate surface area is 159 Å². The van der Waals surface area contributed by atoms with Crippen molar-refractivity contribution in [2.45, 2.75) is 38.7 Å². The van der Waals surface area contributed by atoms with E-state index in [0.717, 1.165) is 37.5 Å². The number of aldehydes is 1. The molecular weight excluding hydrogens is 402 g/mol. The fourth-order valence-corrected chi connectivity index (χ4v) is 3.49. The van der Waals surface area contributed by atoms with Crippen LogP contribution in [0.3, 0.4) is 0 Å². The maximum absolute atomic E-state index is 11.2. The highest BCUT2D eigenvalue weighted by Crippen LogP contribution is 2.40. The van der Waals surface area contributed by atoms with Crippen LogP contribution < -0.4 is 9.47 Å². The van der Waals surface area contributed by atoms with E-state index in [1.807, 2.05) is 6.92 Å². The summed E-state index contributed by atoms with van der Waals surface area (Å²) < 4.78 is 12.6. The summed E-state index contributed by atoms with van der Waals surface area (Å²) in [6.07, 6.45) is 5.16. The lowest BCUT2D eigenvalue weighted by Gasteiger charge is -2.19. The van der Waals surface area contributed by atoms with Gasteiger partial charge in [-0.25, -0.2) is 0 Å². The van der Waals surface area contributed by atoms with Gasteiger partial charge in [-0.3, -0.25) is 14.9 Å². The highest BCUT2D eigenvalue weighted by Gasteiger charge is 2.21. The molecule has 7 heteroatoms. The predicted octanol–water partition coefficient (Wildman–Crippen LogP) is 5.59. The lowest BCUT2D eigenvalue weighted by atomic mass is 10.1. The second-order valence-electron chi connectivity index (χ2n) is 6.28. The highest BCUT2D eigenvalue weighted by molar-refractivity contribution is 9.10. The zero-order valence-corrected chi connectivity index (χ0v) is 15.8. The van der Waals surface area contributed by atoms with Gasteiger partial charge in [-0.15, -0.1) is 0 Å². The summed E-state index contributed by atoms with van der Waals surface area (Å²) in [6, 6.07) is 7.65. The first-order chi connectivity index (χ1) is 12.5. The Morgan fingerprint density at radius 3 is 2.54 bits per heavy atom. The summed E-state index contributed by atoms with van der Waals surface area (Å²) in [5, 5.41) is 10.9. The lowest BCUT2D eigenvalue weighted by Crippen LogP contribution is -2.12. The first-order valence-corrected chi connectivity index (χ1v) is 9.15. The Hall–Kier alpha value is -2.41. The molecule has 0 radical (unpaired) electrons. The van der Waals surface area contributed by atoms with E-state index in [4.69, 9.17) is 9.47 Å². The topological polar surface area (TPSA) is 78.7 Å². The zero-order chi connectivity index (χ0) is 18.7. The summed E-state index contributed by atoms with van der Waals surface area (Å²) in [6.45, 7) is 1.87. The van der Waals surface area contributed by atoms with Crippen LogP contribution in [0.4, 0.5) is 5.69 Å². The van der Waals surface area contributed by atoms with Gasteiger partial charge in [0.15, 0.2) is 11.5 Å². The Kier molecular flexibility index (Phi) is 5.56. The molecule has 0 saturated heterocycles. The van der Waals surface area contributed by atoms with Gasteiger partial charge >= 0.3 is 0 Å². The van der Waals surface area contributed by atoms with E-state index in [1.54, 1.807) is 12.1 Å². The SMILES string of the molecule is Cc1cc(C=O)cc(Oc2ccc([N+](=O)[O-])cc2Br)c1OC1CCCC1. The number of hydrogen-bond acceptors (Lipinski definition) is 5. The normalized spacial score (nSPS) is 14.2. The van der Waals surface area contributed by atoms with Crippen LogP contribution >= 0.6 is 15.9 Å². The molecule has 6 nitrogen and oxygen atoms in total. The van der Waals surface area contributed by atoms with Crippen LogP contribution in [0.2, 0.25) is 0 Å². The maximum Gasteiger partial charge on any atom is 0.270 e. The van der Waals surface area contributed by atoms with Crippen molar-refractivity contribution in [3.05, 3.63) is 56.0 Å². The number of carbonyl (C=O) groups excluding carboxylic acids is 1. The Bertz CT molecular complexity index is 846. The number of non-ortho nitro benzene ring substituents is 1. The molecule has 0 aromatic heterocycles. The molecule has 0 amide bonds. The maximum atomic E-state index is 11.2. The van der Waals surface area contributed by atoms with Gasteiger partial charge in [-0.1, -0.05) is 0 Å². The molecule has 136 valence electrons. The average Bonchev–Trinajstić information content (AvgIpc) is 3.12. The van der Waals surface area contributed by atoms with Crippen molar-refractivity contribution in [1.82, 2.24) is 0 Å². The van der Waals surface area contributed by atoms with Crippen molar-refractivity contribution in [1.29, 1.82) is 0 Å². The molecular formula is C19H18BrNO5. The number of nitro groups is 1. The van der Waals surface area contributed by atoms with Gasteiger partial charge < -0.3 is 9.47 Å². The fraction of sp³-hybridized carbons (Fsp3) is 0.316. The zero-order valence-electron chi connectivity index (χ0n) is 14.2. The number of carbonyl (C=O) groups is 1. The number of ether oxygens (including phenoxy) is 2. The minimum atomic E-state index is -0.472. The average molecular weight is 420 g/mol. The molecule has 0 N–H and O–H groups in total. The fourth-order valence-electron chi connectivity index (χ4n) is 3.04. The van der Waals surface area contributed by atoms with Gasteiger partial charge in [0.2, 0.25) is 0 Å². The first-order valence-electron chi connectivity index (χ1n) is 8.36. The Balaban J connectivity index is 1.95. The van der Waals surface area contributed by atoms with Crippen LogP contribution in [-0.4, -0.2) is 17.3 Å². The number of nitrogens with zero attached hydrogens (tertiary/aromatic N) is 1. The highest BCUT2D eigenvalue weighted by atomic mass is 79.9. The minimum absolute atomic E-state index is 0.0375. The van der Waals surface area contributed by atoms with E-state index in [2.05, 4.69) is 15.9 Å². The largest absolute Gasteiger partial charge is 0.486 e. The number of aryl methyl sites for hydroxylation is 1. The molecule has 3 rings (SSSR count). The number of halogens is 1. The van der Waals surface area contributed by atoms with Crippen LogP contribution in [0.5, 0.6) is 17.2 Å². The van der Waals surface area contributed by atoms with E-state index in [9.17, 15) is 14.9 Å². The summed E-state index contributed by atoms with van der Waals surface area (Å²) in [4.78, 5) is 21.6. The second-order valence-corrected chi connectivity index (χ2v) is 7.14. The summed E-state index contributed by atoms with van der Waals surface area (Å²) in [5.41, 5.74) is 1.26. The van der Waals surface area contributed by atoms with Crippen molar-refractivity contribution in [3.8, 4) is 17.2 Å². The van der Waals surface area contributed by atoms with Crippen molar-refractivity contribution in [3.63, 3.8) is 0 Å². The van der Waals surface area contributed by atoms with Gasteiger partial charge in [0, 0.05) is 17.7 Å². The molecule has 2 aromatic carbocycles. The third-order valence-corrected chi connectivity index (χ3v) is 4.95. The first kappa shape index (κ1) is 18.4. The predicted molar refractivity (Wildman–Crippen MR) is 100 cm³/mol. The summed E-state index contributed by atoms with van der Waals surface area (Å²) in [5.74, 6) is 1.44. The van der Waals surface area contributed by atoms with Crippen molar-refractivity contribution in [2.24, 2.45) is 0 Å². The standard InChI is InChI=1S/C19H18BrNO5/c1-12-8-13(11-22)9-18(19(12)25-15-4-2-3-5-15)26-17-7-6-14(21(23)24)10-16(17)20/h6-11,15H,2-5H2,1H3. The molecule has 0 spiro atoms. The third kappa shape index (κ3) is 4.04. The van der Waals surface area contributed by atoms with E-state index in [-0.39, 0.29) is 11.8 Å². The summed E-state index contributed by atoms with van der Waals surface area (Å²) in [7, 11) is 0. The quantitative estimate of drug-likeness (QED) is 0.346. The smallest absolute Gasteiger partial charge is 0.270 e. The molecule has 0 unspecified atom stereocenters. The Morgan fingerprint density at radius 2 is 1.92 bits per heavy atom. The molecule has 1 fully saturated rings. The Morgan fingerprint density at radius 1 is 1.19 bits per heavy atom. The summed E-state index contributed by atoms with van der Waals surface area (Å²) >= 11 is 3.30. The molecule has 1 aliphatic carbocycles. The van der Waals surface area contributed by atoms with Crippen molar-refractivity contribution < 1.29 is 19.2 Å². The van der Waals surface area contributed by atoms with Crippen molar-refractivity contribution >= 4 is 27.9 Å². The van der Waals surface area contributed by atoms with Crippen LogP contribution in [0.1, 0.15) is 41.6 Å². The van der Waals surface area contributed by atoms with Crippen molar-refractivity contribution in [2.75, 3.05) is 0 Å². The van der Waals surface area contributed by atoms with E-state index in [1.165, 1.54) is 18.2 Å². The lowest BCUT2D eigenvalue weighted by molar-refractivity contribution is -0.384. The number of rotatable bonds is 6. The number of benzene rings is 2. The minimum Gasteiger partial charge on any atom is -0.486 e. The molecule has 1 aliphatic rings. The number of nitro benzene ring substituents is 1. The van der Waals surface area contributed by atoms with Crippen LogP contribution in [0, 0.1) is 17.0 Å². The van der Waals surface area contributed by atoms with E-state index >= 15 is 0 Å².